The van der Waals surface area contributed by atoms with Gasteiger partial charge >= 0.3 is 0 Å². The van der Waals surface area contributed by atoms with Crippen molar-refractivity contribution in [3.8, 4) is 0 Å². The summed E-state index contributed by atoms with van der Waals surface area (Å²) < 4.78 is 1.63. The number of rotatable bonds is 5. The van der Waals surface area contributed by atoms with E-state index in [1.54, 1.807) is 11.0 Å². The van der Waals surface area contributed by atoms with Gasteiger partial charge in [-0.15, -0.1) is 0 Å². The van der Waals surface area contributed by atoms with Crippen molar-refractivity contribution in [2.45, 2.75) is 26.4 Å². The molecule has 6 nitrogen and oxygen atoms in total. The molecule has 6 heteroatoms. The highest BCUT2D eigenvalue weighted by atomic mass is 16.2. The third-order valence-corrected chi connectivity index (χ3v) is 1.96. The zero-order valence-electron chi connectivity index (χ0n) is 9.32. The maximum Gasteiger partial charge on any atom is 0.236 e. The second-order valence-corrected chi connectivity index (χ2v) is 3.33. The first-order valence-corrected chi connectivity index (χ1v) is 4.99. The van der Waals surface area contributed by atoms with Gasteiger partial charge in [-0.1, -0.05) is 0 Å². The van der Waals surface area contributed by atoms with E-state index in [-0.39, 0.29) is 11.9 Å². The summed E-state index contributed by atoms with van der Waals surface area (Å²) in [6.45, 7) is 4.85. The van der Waals surface area contributed by atoms with Crippen LogP contribution in [0.15, 0.2) is 6.33 Å². The molecule has 1 atom stereocenters. The molecule has 84 valence electrons. The molecule has 0 fully saturated rings. The van der Waals surface area contributed by atoms with Crippen LogP contribution in [0.25, 0.3) is 0 Å². The van der Waals surface area contributed by atoms with Crippen LogP contribution in [0.2, 0.25) is 0 Å². The Labute approximate surface area is 89.1 Å². The lowest BCUT2D eigenvalue weighted by atomic mass is 10.3. The van der Waals surface area contributed by atoms with Crippen LogP contribution in [0.5, 0.6) is 0 Å². The van der Waals surface area contributed by atoms with Gasteiger partial charge in [-0.3, -0.25) is 14.8 Å². The summed E-state index contributed by atoms with van der Waals surface area (Å²) in [6, 6.07) is -0.228. The molecule has 0 radical (unpaired) electrons. The SMILES string of the molecule is CCNC(=O)C(C)NCc1ncn(C)n1. The molecule has 0 aliphatic carbocycles. The molecule has 15 heavy (non-hydrogen) atoms. The molecular formula is C9H17N5O. The molecule has 1 unspecified atom stereocenters. The second-order valence-electron chi connectivity index (χ2n) is 3.33. The third-order valence-electron chi connectivity index (χ3n) is 1.96. The molecule has 1 aromatic heterocycles. The van der Waals surface area contributed by atoms with Crippen molar-refractivity contribution in [2.24, 2.45) is 7.05 Å². The zero-order valence-corrected chi connectivity index (χ0v) is 9.32. The van der Waals surface area contributed by atoms with Gasteiger partial charge in [0.1, 0.15) is 6.33 Å². The Morgan fingerprint density at radius 1 is 1.67 bits per heavy atom. The van der Waals surface area contributed by atoms with Crippen LogP contribution >= 0.6 is 0 Å². The normalized spacial score (nSPS) is 12.5. The first kappa shape index (κ1) is 11.6. The Kier molecular flexibility index (Phi) is 4.23. The van der Waals surface area contributed by atoms with Crippen LogP contribution in [0, 0.1) is 0 Å². The van der Waals surface area contributed by atoms with E-state index in [2.05, 4.69) is 20.7 Å². The minimum atomic E-state index is -0.228. The summed E-state index contributed by atoms with van der Waals surface area (Å²) in [6.07, 6.45) is 1.63. The van der Waals surface area contributed by atoms with Gasteiger partial charge in [0.25, 0.3) is 0 Å². The molecule has 0 saturated heterocycles. The maximum absolute atomic E-state index is 11.3. The fourth-order valence-corrected chi connectivity index (χ4v) is 1.13. The number of carbonyl (C=O) groups excluding carboxylic acids is 1. The number of likely N-dealkylation sites (N-methyl/N-ethyl adjacent to an activating group) is 1. The van der Waals surface area contributed by atoms with Crippen molar-refractivity contribution < 1.29 is 4.79 Å². The van der Waals surface area contributed by atoms with Crippen molar-refractivity contribution in [3.05, 3.63) is 12.2 Å². The number of aryl methyl sites for hydroxylation is 1. The van der Waals surface area contributed by atoms with E-state index in [1.165, 1.54) is 0 Å². The minimum Gasteiger partial charge on any atom is -0.355 e. The van der Waals surface area contributed by atoms with Gasteiger partial charge in [0.2, 0.25) is 5.91 Å². The molecule has 0 aromatic carbocycles. The second kappa shape index (κ2) is 5.45. The third kappa shape index (κ3) is 3.67. The molecular weight excluding hydrogens is 194 g/mol. The quantitative estimate of drug-likeness (QED) is 0.684. The van der Waals surface area contributed by atoms with Crippen LogP contribution < -0.4 is 10.6 Å². The molecule has 1 rings (SSSR count). The average molecular weight is 211 g/mol. The van der Waals surface area contributed by atoms with Crippen molar-refractivity contribution in [1.29, 1.82) is 0 Å². The largest absolute Gasteiger partial charge is 0.355 e. The number of hydrogen-bond donors (Lipinski definition) is 2. The fraction of sp³-hybridized carbons (Fsp3) is 0.667. The Hall–Kier alpha value is -1.43. The van der Waals surface area contributed by atoms with E-state index in [9.17, 15) is 4.79 Å². The monoisotopic (exact) mass is 211 g/mol. The first-order chi connectivity index (χ1) is 7.13. The van der Waals surface area contributed by atoms with E-state index in [0.29, 0.717) is 18.9 Å². The highest BCUT2D eigenvalue weighted by Gasteiger charge is 2.11. The number of carbonyl (C=O) groups is 1. The average Bonchev–Trinajstić information content (AvgIpc) is 2.61. The molecule has 1 aromatic rings. The van der Waals surface area contributed by atoms with Gasteiger partial charge in [-0.25, -0.2) is 4.98 Å². The van der Waals surface area contributed by atoms with Gasteiger partial charge in [0.15, 0.2) is 5.82 Å². The Balaban J connectivity index is 2.33. The topological polar surface area (TPSA) is 71.8 Å². The van der Waals surface area contributed by atoms with Gasteiger partial charge in [-0.05, 0) is 13.8 Å². The van der Waals surface area contributed by atoms with Crippen molar-refractivity contribution >= 4 is 5.91 Å². The lowest BCUT2D eigenvalue weighted by Crippen LogP contribution is -2.41. The summed E-state index contributed by atoms with van der Waals surface area (Å²) >= 11 is 0. The molecule has 1 heterocycles. The Morgan fingerprint density at radius 2 is 2.40 bits per heavy atom. The lowest BCUT2D eigenvalue weighted by molar-refractivity contribution is -0.122. The lowest BCUT2D eigenvalue weighted by Gasteiger charge is -2.11. The number of nitrogens with zero attached hydrogens (tertiary/aromatic N) is 3. The van der Waals surface area contributed by atoms with Crippen molar-refractivity contribution in [2.75, 3.05) is 6.54 Å². The van der Waals surface area contributed by atoms with Crippen LogP contribution in [-0.2, 0) is 18.4 Å². The molecule has 0 aliphatic heterocycles. The molecule has 0 aliphatic rings. The van der Waals surface area contributed by atoms with Gasteiger partial charge < -0.3 is 5.32 Å². The molecule has 0 saturated carbocycles. The van der Waals surface area contributed by atoms with E-state index < -0.39 is 0 Å². The predicted molar refractivity (Wildman–Crippen MR) is 56.0 cm³/mol. The smallest absolute Gasteiger partial charge is 0.236 e. The van der Waals surface area contributed by atoms with E-state index in [0.717, 1.165) is 0 Å². The zero-order chi connectivity index (χ0) is 11.3. The van der Waals surface area contributed by atoms with Crippen molar-refractivity contribution in [3.63, 3.8) is 0 Å². The summed E-state index contributed by atoms with van der Waals surface area (Å²) in [5, 5.41) is 9.89. The van der Waals surface area contributed by atoms with Gasteiger partial charge in [0, 0.05) is 13.6 Å². The maximum atomic E-state index is 11.3. The summed E-state index contributed by atoms with van der Waals surface area (Å²) in [4.78, 5) is 15.4. The van der Waals surface area contributed by atoms with Gasteiger partial charge in [0.05, 0.1) is 12.6 Å². The molecule has 2 N–H and O–H groups in total. The summed E-state index contributed by atoms with van der Waals surface area (Å²) in [5.41, 5.74) is 0. The minimum absolute atomic E-state index is 0.00608. The number of amides is 1. The number of hydrogen-bond acceptors (Lipinski definition) is 4. The van der Waals surface area contributed by atoms with Crippen LogP contribution in [0.4, 0.5) is 0 Å². The summed E-state index contributed by atoms with van der Waals surface area (Å²) in [7, 11) is 1.81. The summed E-state index contributed by atoms with van der Waals surface area (Å²) in [5.74, 6) is 0.682. The van der Waals surface area contributed by atoms with Crippen LogP contribution in [0.1, 0.15) is 19.7 Å². The van der Waals surface area contributed by atoms with E-state index in [1.807, 2.05) is 20.9 Å². The van der Waals surface area contributed by atoms with E-state index in [4.69, 9.17) is 0 Å². The highest BCUT2D eigenvalue weighted by Crippen LogP contribution is 1.89. The Morgan fingerprint density at radius 3 is 2.93 bits per heavy atom. The van der Waals surface area contributed by atoms with Crippen LogP contribution in [-0.4, -0.2) is 33.3 Å². The van der Waals surface area contributed by atoms with Gasteiger partial charge in [-0.2, -0.15) is 5.10 Å². The molecule has 0 bridgehead atoms. The number of nitrogens with one attached hydrogen (secondary N) is 2. The van der Waals surface area contributed by atoms with Crippen molar-refractivity contribution in [1.82, 2.24) is 25.4 Å². The van der Waals surface area contributed by atoms with Crippen LogP contribution in [0.3, 0.4) is 0 Å². The number of aromatic nitrogens is 3. The fourth-order valence-electron chi connectivity index (χ4n) is 1.13. The van der Waals surface area contributed by atoms with E-state index >= 15 is 0 Å². The standard InChI is InChI=1S/C9H17N5O/c1-4-10-9(15)7(2)11-5-8-12-6-14(3)13-8/h6-7,11H,4-5H2,1-3H3,(H,10,15). The predicted octanol–water partition coefficient (Wildman–Crippen LogP) is -0.571. The highest BCUT2D eigenvalue weighted by molar-refractivity contribution is 5.81. The Bertz CT molecular complexity index is 322. The molecule has 0 spiro atoms. The molecule has 1 amide bonds. The first-order valence-electron chi connectivity index (χ1n) is 4.99.